The molecule has 0 saturated carbocycles. The molecule has 0 bridgehead atoms. The number of aromatic amines is 1. The fourth-order valence-corrected chi connectivity index (χ4v) is 4.86. The number of hydrogen-bond donors (Lipinski definition) is 3. The van der Waals surface area contributed by atoms with Crippen molar-refractivity contribution in [2.45, 2.75) is 45.1 Å². The maximum absolute atomic E-state index is 12.3. The summed E-state index contributed by atoms with van der Waals surface area (Å²) in [6, 6.07) is 6.88. The van der Waals surface area contributed by atoms with Gasteiger partial charge in [-0.1, -0.05) is 26.0 Å². The van der Waals surface area contributed by atoms with E-state index >= 15 is 0 Å². The fourth-order valence-electron chi connectivity index (χ4n) is 4.86. The van der Waals surface area contributed by atoms with Crippen LogP contribution < -0.4 is 11.1 Å². The minimum atomic E-state index is -0.425. The number of piperidine rings is 1. The topological polar surface area (TPSA) is 102 Å². The maximum Gasteiger partial charge on any atom is 0.224 e. The van der Waals surface area contributed by atoms with E-state index in [4.69, 9.17) is 5.73 Å². The summed E-state index contributed by atoms with van der Waals surface area (Å²) in [7, 11) is 0. The summed E-state index contributed by atoms with van der Waals surface area (Å²) in [4.78, 5) is 15.7. The quantitative estimate of drug-likeness (QED) is 0.800. The molecule has 1 aromatic heterocycles. The van der Waals surface area contributed by atoms with Gasteiger partial charge in [-0.2, -0.15) is 0 Å². The molecular formula is C19H27N3O2. The van der Waals surface area contributed by atoms with Crippen molar-refractivity contribution in [3.8, 4) is 0 Å². The Kier molecular flexibility index (Phi) is 4.18. The average Bonchev–Trinajstić information content (AvgIpc) is 2.92. The van der Waals surface area contributed by atoms with Crippen LogP contribution in [0.2, 0.25) is 0 Å². The first-order valence-electron chi connectivity index (χ1n) is 8.62. The van der Waals surface area contributed by atoms with E-state index in [1.165, 1.54) is 22.0 Å². The van der Waals surface area contributed by atoms with Gasteiger partial charge in [-0.05, 0) is 42.4 Å². The standard InChI is InChI=1S/C19H25N3O.H2O/c1-11(2)7-19(18(20)23)8-14-13-4-3-5-15-17(13)12(9-21-15)6-16(14)22-10-19;/h3-5,9,11,14,16,21-22H,6-8,10H2,1-2H3,(H2,20,23);1H2/t14-,16-,19?;/m1./s1. The molecular weight excluding hydrogens is 302 g/mol. The molecule has 2 aromatic rings. The van der Waals surface area contributed by atoms with Crippen LogP contribution in [0, 0.1) is 11.3 Å². The summed E-state index contributed by atoms with van der Waals surface area (Å²) < 4.78 is 0. The molecule has 0 radical (unpaired) electrons. The van der Waals surface area contributed by atoms with Gasteiger partial charge in [0, 0.05) is 35.6 Å². The second-order valence-corrected chi connectivity index (χ2v) is 7.83. The molecule has 5 nitrogen and oxygen atoms in total. The largest absolute Gasteiger partial charge is 0.412 e. The van der Waals surface area contributed by atoms with Crippen molar-refractivity contribution in [2.24, 2.45) is 17.1 Å². The van der Waals surface area contributed by atoms with E-state index < -0.39 is 5.41 Å². The van der Waals surface area contributed by atoms with E-state index in [2.05, 4.69) is 48.5 Å². The van der Waals surface area contributed by atoms with Gasteiger partial charge in [0.25, 0.3) is 0 Å². The summed E-state index contributed by atoms with van der Waals surface area (Å²) in [6.07, 6.45) is 4.88. The van der Waals surface area contributed by atoms with Crippen molar-refractivity contribution in [3.05, 3.63) is 35.5 Å². The van der Waals surface area contributed by atoms with E-state index in [-0.39, 0.29) is 11.4 Å². The zero-order chi connectivity index (χ0) is 16.2. The molecule has 130 valence electrons. The fraction of sp³-hybridized carbons (Fsp3) is 0.526. The molecule has 1 aromatic carbocycles. The molecule has 1 unspecified atom stereocenters. The van der Waals surface area contributed by atoms with Crippen LogP contribution in [0.4, 0.5) is 0 Å². The highest BCUT2D eigenvalue weighted by Crippen LogP contribution is 2.47. The number of rotatable bonds is 3. The Balaban J connectivity index is 0.00000169. The summed E-state index contributed by atoms with van der Waals surface area (Å²) in [5, 5.41) is 5.02. The number of fused-ring (bicyclic) bond motifs is 2. The van der Waals surface area contributed by atoms with Crippen molar-refractivity contribution in [1.82, 2.24) is 10.3 Å². The number of H-pyrrole nitrogens is 1. The van der Waals surface area contributed by atoms with Gasteiger partial charge in [0.05, 0.1) is 5.41 Å². The minimum absolute atomic E-state index is 0. The van der Waals surface area contributed by atoms with Gasteiger partial charge in [-0.3, -0.25) is 4.79 Å². The molecule has 1 aliphatic carbocycles. The Bertz CT molecular complexity index is 767. The molecule has 6 N–H and O–H groups in total. The van der Waals surface area contributed by atoms with Crippen LogP contribution in [0.15, 0.2) is 24.4 Å². The highest BCUT2D eigenvalue weighted by Gasteiger charge is 2.47. The molecule has 1 saturated heterocycles. The number of aromatic nitrogens is 1. The van der Waals surface area contributed by atoms with E-state index in [9.17, 15) is 4.79 Å². The zero-order valence-electron chi connectivity index (χ0n) is 14.4. The summed E-state index contributed by atoms with van der Waals surface area (Å²) >= 11 is 0. The Morgan fingerprint density at radius 3 is 2.92 bits per heavy atom. The van der Waals surface area contributed by atoms with Crippen molar-refractivity contribution < 1.29 is 10.3 Å². The van der Waals surface area contributed by atoms with Crippen LogP contribution in [0.5, 0.6) is 0 Å². The molecule has 5 heteroatoms. The van der Waals surface area contributed by atoms with Crippen LogP contribution in [0.1, 0.15) is 43.7 Å². The van der Waals surface area contributed by atoms with Gasteiger partial charge in [-0.25, -0.2) is 0 Å². The Hall–Kier alpha value is -1.85. The highest BCUT2D eigenvalue weighted by atomic mass is 16.1. The molecule has 1 fully saturated rings. The molecule has 24 heavy (non-hydrogen) atoms. The lowest BCUT2D eigenvalue weighted by molar-refractivity contribution is -0.130. The first-order valence-corrected chi connectivity index (χ1v) is 8.62. The van der Waals surface area contributed by atoms with Crippen LogP contribution in [-0.2, 0) is 11.2 Å². The van der Waals surface area contributed by atoms with Gasteiger partial charge in [0.2, 0.25) is 5.91 Å². The van der Waals surface area contributed by atoms with Gasteiger partial charge in [0.15, 0.2) is 0 Å². The number of primary amides is 1. The van der Waals surface area contributed by atoms with Gasteiger partial charge in [0.1, 0.15) is 0 Å². The lowest BCUT2D eigenvalue weighted by Gasteiger charge is -2.46. The third-order valence-corrected chi connectivity index (χ3v) is 5.78. The number of benzene rings is 1. The molecule has 0 spiro atoms. The Morgan fingerprint density at radius 2 is 2.21 bits per heavy atom. The second kappa shape index (κ2) is 5.90. The second-order valence-electron chi connectivity index (χ2n) is 7.83. The number of hydrogen-bond acceptors (Lipinski definition) is 2. The third kappa shape index (κ3) is 2.43. The smallest absolute Gasteiger partial charge is 0.224 e. The summed E-state index contributed by atoms with van der Waals surface area (Å²) in [5.74, 6) is 0.675. The lowest BCUT2D eigenvalue weighted by atomic mass is 9.64. The number of amides is 1. The molecule has 4 rings (SSSR count). The van der Waals surface area contributed by atoms with E-state index in [0.717, 1.165) is 19.3 Å². The predicted octanol–water partition coefficient (Wildman–Crippen LogP) is 1.86. The maximum atomic E-state index is 12.3. The van der Waals surface area contributed by atoms with Crippen molar-refractivity contribution in [1.29, 1.82) is 0 Å². The molecule has 1 amide bonds. The first kappa shape index (κ1) is 17.0. The summed E-state index contributed by atoms with van der Waals surface area (Å²) in [6.45, 7) is 5.04. The van der Waals surface area contributed by atoms with Gasteiger partial charge in [-0.15, -0.1) is 0 Å². The number of nitrogens with one attached hydrogen (secondary N) is 2. The van der Waals surface area contributed by atoms with E-state index in [0.29, 0.717) is 24.4 Å². The van der Waals surface area contributed by atoms with E-state index in [1.54, 1.807) is 0 Å². The number of nitrogens with two attached hydrogens (primary N) is 1. The van der Waals surface area contributed by atoms with Crippen molar-refractivity contribution in [3.63, 3.8) is 0 Å². The van der Waals surface area contributed by atoms with Crippen LogP contribution in [0.25, 0.3) is 10.9 Å². The number of carbonyl (C=O) groups is 1. The normalized spacial score (nSPS) is 28.5. The molecule has 2 heterocycles. The van der Waals surface area contributed by atoms with E-state index in [1.807, 2.05) is 0 Å². The SMILES string of the molecule is CC(C)CC1(C(N)=O)CN[C@@H]2Cc3c[nH]c4cccc(c34)[C@H]2C1.O. The molecule has 3 atom stereocenters. The van der Waals surface area contributed by atoms with Gasteiger partial charge < -0.3 is 21.5 Å². The Morgan fingerprint density at radius 1 is 1.42 bits per heavy atom. The van der Waals surface area contributed by atoms with Crippen LogP contribution in [0.3, 0.4) is 0 Å². The monoisotopic (exact) mass is 329 g/mol. The van der Waals surface area contributed by atoms with Crippen molar-refractivity contribution >= 4 is 16.8 Å². The van der Waals surface area contributed by atoms with Crippen LogP contribution >= 0.6 is 0 Å². The first-order chi connectivity index (χ1) is 11.0. The summed E-state index contributed by atoms with van der Waals surface area (Å²) in [5.41, 5.74) is 9.40. The van der Waals surface area contributed by atoms with Gasteiger partial charge >= 0.3 is 0 Å². The Labute approximate surface area is 142 Å². The highest BCUT2D eigenvalue weighted by molar-refractivity contribution is 5.89. The third-order valence-electron chi connectivity index (χ3n) is 5.78. The number of carbonyl (C=O) groups excluding carboxylic acids is 1. The lowest BCUT2D eigenvalue weighted by Crippen LogP contribution is -2.56. The molecule has 2 aliphatic rings. The minimum Gasteiger partial charge on any atom is -0.412 e. The average molecular weight is 329 g/mol. The molecule has 1 aliphatic heterocycles. The van der Waals surface area contributed by atoms with Crippen molar-refractivity contribution in [2.75, 3.05) is 6.54 Å². The zero-order valence-corrected chi connectivity index (χ0v) is 14.4. The predicted molar refractivity (Wildman–Crippen MR) is 95.8 cm³/mol. The van der Waals surface area contributed by atoms with Crippen LogP contribution in [-0.4, -0.2) is 29.0 Å².